The standard InChI is InChI=1S/C20H21N3O2S2/c24-17(21-13-6-2-1-3-7-13)10-11-26-12-16-22-19(25)18-14-8-4-5-9-15(14)27-20(18)23-16/h1-3,6-7H,4-5,8-12H2,(H,21,24)(H,22,23,25). The Morgan fingerprint density at radius 3 is 2.89 bits per heavy atom. The van der Waals surface area contributed by atoms with Gasteiger partial charge in [0.25, 0.3) is 5.56 Å². The quantitative estimate of drug-likeness (QED) is 0.611. The molecule has 0 radical (unpaired) electrons. The van der Waals surface area contributed by atoms with Crippen molar-refractivity contribution in [2.45, 2.75) is 37.9 Å². The fraction of sp³-hybridized carbons (Fsp3) is 0.350. The molecule has 1 aromatic carbocycles. The molecule has 2 aromatic heterocycles. The number of carbonyl (C=O) groups excluding carboxylic acids is 1. The average molecular weight is 400 g/mol. The Kier molecular flexibility index (Phi) is 5.59. The molecule has 0 atom stereocenters. The van der Waals surface area contributed by atoms with Gasteiger partial charge in [-0.05, 0) is 43.4 Å². The first kappa shape index (κ1) is 18.3. The van der Waals surface area contributed by atoms with E-state index in [1.165, 1.54) is 16.9 Å². The molecule has 1 amide bonds. The van der Waals surface area contributed by atoms with Gasteiger partial charge in [0.1, 0.15) is 10.7 Å². The number of fused-ring (bicyclic) bond motifs is 3. The fourth-order valence-electron chi connectivity index (χ4n) is 3.36. The molecule has 7 heteroatoms. The van der Waals surface area contributed by atoms with E-state index in [0.29, 0.717) is 23.8 Å². The van der Waals surface area contributed by atoms with Gasteiger partial charge in [0.15, 0.2) is 0 Å². The fourth-order valence-corrected chi connectivity index (χ4v) is 5.44. The van der Waals surface area contributed by atoms with Crippen molar-refractivity contribution in [3.8, 4) is 0 Å². The van der Waals surface area contributed by atoms with Crippen LogP contribution in [-0.2, 0) is 23.4 Å². The zero-order chi connectivity index (χ0) is 18.6. The maximum Gasteiger partial charge on any atom is 0.259 e. The highest BCUT2D eigenvalue weighted by atomic mass is 32.2. The minimum Gasteiger partial charge on any atom is -0.326 e. The highest BCUT2D eigenvalue weighted by Crippen LogP contribution is 2.33. The van der Waals surface area contributed by atoms with Gasteiger partial charge in [-0.2, -0.15) is 11.8 Å². The van der Waals surface area contributed by atoms with Crippen LogP contribution in [0.1, 0.15) is 35.5 Å². The molecule has 0 saturated carbocycles. The number of nitrogens with one attached hydrogen (secondary N) is 2. The van der Waals surface area contributed by atoms with Crippen molar-refractivity contribution in [1.29, 1.82) is 0 Å². The van der Waals surface area contributed by atoms with Gasteiger partial charge in [-0.15, -0.1) is 11.3 Å². The number of rotatable bonds is 6. The average Bonchev–Trinajstić information content (AvgIpc) is 3.05. The number of nitrogens with zero attached hydrogens (tertiary/aromatic N) is 1. The maximum atomic E-state index is 12.5. The third-order valence-electron chi connectivity index (χ3n) is 4.64. The Labute approximate surface area is 165 Å². The van der Waals surface area contributed by atoms with Crippen molar-refractivity contribution < 1.29 is 4.79 Å². The van der Waals surface area contributed by atoms with E-state index in [1.54, 1.807) is 23.1 Å². The van der Waals surface area contributed by atoms with Gasteiger partial charge < -0.3 is 10.3 Å². The van der Waals surface area contributed by atoms with Gasteiger partial charge in [0.2, 0.25) is 5.91 Å². The topological polar surface area (TPSA) is 74.8 Å². The van der Waals surface area contributed by atoms with E-state index < -0.39 is 0 Å². The van der Waals surface area contributed by atoms with Crippen LogP contribution in [0.2, 0.25) is 0 Å². The molecule has 0 unspecified atom stereocenters. The van der Waals surface area contributed by atoms with Crippen LogP contribution < -0.4 is 10.9 Å². The second kappa shape index (κ2) is 8.27. The van der Waals surface area contributed by atoms with Crippen molar-refractivity contribution >= 4 is 44.9 Å². The van der Waals surface area contributed by atoms with Crippen molar-refractivity contribution in [3.63, 3.8) is 0 Å². The number of thioether (sulfide) groups is 1. The largest absolute Gasteiger partial charge is 0.326 e. The van der Waals surface area contributed by atoms with Crippen molar-refractivity contribution in [2.75, 3.05) is 11.1 Å². The number of amides is 1. The lowest BCUT2D eigenvalue weighted by Gasteiger charge is -2.09. The molecule has 2 heterocycles. The predicted octanol–water partition coefficient (Wildman–Crippen LogP) is 4.13. The lowest BCUT2D eigenvalue weighted by Crippen LogP contribution is -2.13. The van der Waals surface area contributed by atoms with Gasteiger partial charge in [0, 0.05) is 22.7 Å². The molecule has 0 bridgehead atoms. The third kappa shape index (κ3) is 4.25. The van der Waals surface area contributed by atoms with Crippen molar-refractivity contribution in [1.82, 2.24) is 9.97 Å². The van der Waals surface area contributed by atoms with E-state index >= 15 is 0 Å². The second-order valence-corrected chi connectivity index (χ2v) is 8.81. The summed E-state index contributed by atoms with van der Waals surface area (Å²) in [6.07, 6.45) is 4.84. The summed E-state index contributed by atoms with van der Waals surface area (Å²) < 4.78 is 0. The summed E-state index contributed by atoms with van der Waals surface area (Å²) in [4.78, 5) is 34.3. The molecule has 0 spiro atoms. The van der Waals surface area contributed by atoms with E-state index in [0.717, 1.165) is 35.2 Å². The number of H-pyrrole nitrogens is 1. The van der Waals surface area contributed by atoms with Gasteiger partial charge in [-0.1, -0.05) is 18.2 Å². The Hall–Kier alpha value is -2.12. The molecule has 1 aliphatic rings. The van der Waals surface area contributed by atoms with E-state index in [2.05, 4.69) is 15.3 Å². The number of para-hydroxylation sites is 1. The van der Waals surface area contributed by atoms with E-state index in [-0.39, 0.29) is 11.5 Å². The molecular formula is C20H21N3O2S2. The molecular weight excluding hydrogens is 378 g/mol. The number of carbonyl (C=O) groups is 1. The number of anilines is 1. The molecule has 0 aliphatic heterocycles. The first-order chi connectivity index (χ1) is 13.2. The maximum absolute atomic E-state index is 12.5. The molecule has 0 saturated heterocycles. The predicted molar refractivity (Wildman–Crippen MR) is 113 cm³/mol. The van der Waals surface area contributed by atoms with E-state index in [1.807, 2.05) is 30.3 Å². The Morgan fingerprint density at radius 1 is 1.22 bits per heavy atom. The first-order valence-corrected chi connectivity index (χ1v) is 11.1. The zero-order valence-corrected chi connectivity index (χ0v) is 16.5. The molecule has 0 fully saturated rings. The van der Waals surface area contributed by atoms with Crippen LogP contribution >= 0.6 is 23.1 Å². The molecule has 1 aliphatic carbocycles. The number of hydrogen-bond acceptors (Lipinski definition) is 5. The highest BCUT2D eigenvalue weighted by molar-refractivity contribution is 7.98. The third-order valence-corrected chi connectivity index (χ3v) is 6.80. The van der Waals surface area contributed by atoms with Gasteiger partial charge in [-0.25, -0.2) is 4.98 Å². The van der Waals surface area contributed by atoms with Crippen LogP contribution in [0.5, 0.6) is 0 Å². The Bertz CT molecular complexity index is 1010. The number of aromatic nitrogens is 2. The van der Waals surface area contributed by atoms with Crippen LogP contribution in [-0.4, -0.2) is 21.6 Å². The van der Waals surface area contributed by atoms with E-state index in [9.17, 15) is 9.59 Å². The molecule has 2 N–H and O–H groups in total. The zero-order valence-electron chi connectivity index (χ0n) is 14.9. The monoisotopic (exact) mass is 399 g/mol. The van der Waals surface area contributed by atoms with Gasteiger partial charge in [0.05, 0.1) is 11.1 Å². The minimum absolute atomic E-state index is 0.00321. The molecule has 4 rings (SSSR count). The van der Waals surface area contributed by atoms with Crippen LogP contribution in [0.25, 0.3) is 10.2 Å². The number of aryl methyl sites for hydroxylation is 2. The van der Waals surface area contributed by atoms with Gasteiger partial charge >= 0.3 is 0 Å². The smallest absolute Gasteiger partial charge is 0.259 e. The molecule has 27 heavy (non-hydrogen) atoms. The SMILES string of the molecule is O=C(CCSCc1nc2sc3c(c2c(=O)[nH]1)CCCC3)Nc1ccccc1. The Morgan fingerprint density at radius 2 is 2.04 bits per heavy atom. The normalized spacial score (nSPS) is 13.5. The van der Waals surface area contributed by atoms with Crippen LogP contribution in [0.15, 0.2) is 35.1 Å². The van der Waals surface area contributed by atoms with Crippen LogP contribution in [0, 0.1) is 0 Å². The van der Waals surface area contributed by atoms with Crippen molar-refractivity contribution in [3.05, 3.63) is 57.0 Å². The summed E-state index contributed by atoms with van der Waals surface area (Å²) >= 11 is 3.28. The van der Waals surface area contributed by atoms with Crippen LogP contribution in [0.3, 0.4) is 0 Å². The second-order valence-electron chi connectivity index (χ2n) is 6.62. The first-order valence-electron chi connectivity index (χ1n) is 9.17. The summed E-state index contributed by atoms with van der Waals surface area (Å²) in [7, 11) is 0. The molecule has 5 nitrogen and oxygen atoms in total. The number of thiophene rings is 1. The number of aromatic amines is 1. The number of benzene rings is 1. The summed E-state index contributed by atoms with van der Waals surface area (Å²) in [5, 5.41) is 3.67. The highest BCUT2D eigenvalue weighted by Gasteiger charge is 2.19. The summed E-state index contributed by atoms with van der Waals surface area (Å²) in [6.45, 7) is 0. The molecule has 140 valence electrons. The van der Waals surface area contributed by atoms with E-state index in [4.69, 9.17) is 0 Å². The summed E-state index contributed by atoms with van der Waals surface area (Å²) in [5.74, 6) is 1.98. The molecule has 3 aromatic rings. The lowest BCUT2D eigenvalue weighted by molar-refractivity contribution is -0.115. The lowest BCUT2D eigenvalue weighted by atomic mass is 9.97. The summed E-state index contributed by atoms with van der Waals surface area (Å²) in [6, 6.07) is 9.45. The number of hydrogen-bond donors (Lipinski definition) is 2. The summed E-state index contributed by atoms with van der Waals surface area (Å²) in [5.41, 5.74) is 2.01. The van der Waals surface area contributed by atoms with Gasteiger partial charge in [-0.3, -0.25) is 9.59 Å². The minimum atomic E-state index is -0.0168. The van der Waals surface area contributed by atoms with Crippen LogP contribution in [0.4, 0.5) is 5.69 Å². The Balaban J connectivity index is 1.34. The van der Waals surface area contributed by atoms with Crippen molar-refractivity contribution in [2.24, 2.45) is 0 Å².